The number of nitrogens with zero attached hydrogens (tertiary/aromatic N) is 1. The predicted molar refractivity (Wildman–Crippen MR) is 77.8 cm³/mol. The maximum atomic E-state index is 11.9. The van der Waals surface area contributed by atoms with Crippen LogP contribution in [0.25, 0.3) is 0 Å². The molecule has 0 radical (unpaired) electrons. The summed E-state index contributed by atoms with van der Waals surface area (Å²) >= 11 is 0. The average molecular weight is 265 g/mol. The van der Waals surface area contributed by atoms with Crippen molar-refractivity contribution < 1.29 is 4.79 Å². The van der Waals surface area contributed by atoms with E-state index in [1.165, 1.54) is 0 Å². The summed E-state index contributed by atoms with van der Waals surface area (Å²) in [4.78, 5) is 15.7. The Morgan fingerprint density at radius 1 is 1.15 bits per heavy atom. The van der Waals surface area contributed by atoms with Crippen LogP contribution in [0, 0.1) is 11.8 Å². The van der Waals surface area contributed by atoms with Crippen molar-refractivity contribution in [1.29, 1.82) is 0 Å². The minimum absolute atomic E-state index is 0.112. The molecule has 2 rings (SSSR count). The van der Waals surface area contributed by atoms with Crippen LogP contribution in [0.1, 0.15) is 21.5 Å². The second-order valence-corrected chi connectivity index (χ2v) is 4.12. The number of hydrogen-bond donors (Lipinski definition) is 2. The largest absolute Gasteiger partial charge is 0.348 e. The van der Waals surface area contributed by atoms with E-state index in [0.717, 1.165) is 11.1 Å². The number of benzene rings is 1. The van der Waals surface area contributed by atoms with Gasteiger partial charge < -0.3 is 11.1 Å². The van der Waals surface area contributed by atoms with E-state index >= 15 is 0 Å². The van der Waals surface area contributed by atoms with Crippen molar-refractivity contribution in [3.05, 3.63) is 65.5 Å². The number of carbonyl (C=O) groups is 1. The molecule has 1 heterocycles. The van der Waals surface area contributed by atoms with E-state index in [1.807, 2.05) is 24.3 Å². The van der Waals surface area contributed by atoms with Gasteiger partial charge in [0.2, 0.25) is 0 Å². The third kappa shape index (κ3) is 3.94. The van der Waals surface area contributed by atoms with Gasteiger partial charge in [-0.3, -0.25) is 9.78 Å². The van der Waals surface area contributed by atoms with Crippen LogP contribution >= 0.6 is 0 Å². The molecule has 1 aromatic carbocycles. The Balaban J connectivity index is 1.93. The van der Waals surface area contributed by atoms with E-state index in [1.54, 1.807) is 24.5 Å². The fourth-order valence-electron chi connectivity index (χ4n) is 1.65. The maximum Gasteiger partial charge on any atom is 0.251 e. The zero-order chi connectivity index (χ0) is 14.2. The van der Waals surface area contributed by atoms with Gasteiger partial charge in [-0.25, -0.2) is 0 Å². The third-order valence-electron chi connectivity index (χ3n) is 2.68. The van der Waals surface area contributed by atoms with Gasteiger partial charge in [-0.1, -0.05) is 24.0 Å². The number of pyridine rings is 1. The van der Waals surface area contributed by atoms with Gasteiger partial charge >= 0.3 is 0 Å². The first-order valence-electron chi connectivity index (χ1n) is 6.25. The molecule has 100 valence electrons. The lowest BCUT2D eigenvalue weighted by molar-refractivity contribution is 0.0951. The molecule has 0 aliphatic heterocycles. The first-order chi connectivity index (χ1) is 9.79. The van der Waals surface area contributed by atoms with Crippen LogP contribution in [0.15, 0.2) is 48.8 Å². The lowest BCUT2D eigenvalue weighted by Crippen LogP contribution is -2.22. The monoisotopic (exact) mass is 265 g/mol. The highest BCUT2D eigenvalue weighted by Crippen LogP contribution is 2.04. The lowest BCUT2D eigenvalue weighted by Gasteiger charge is -2.05. The highest BCUT2D eigenvalue weighted by atomic mass is 16.1. The molecule has 0 saturated heterocycles. The van der Waals surface area contributed by atoms with Crippen molar-refractivity contribution >= 4 is 5.91 Å². The van der Waals surface area contributed by atoms with Crippen molar-refractivity contribution in [1.82, 2.24) is 10.3 Å². The fraction of sp³-hybridized carbons (Fsp3) is 0.125. The van der Waals surface area contributed by atoms with Gasteiger partial charge in [0, 0.05) is 30.1 Å². The highest BCUT2D eigenvalue weighted by molar-refractivity contribution is 5.93. The fourth-order valence-corrected chi connectivity index (χ4v) is 1.65. The molecule has 0 saturated carbocycles. The van der Waals surface area contributed by atoms with E-state index in [2.05, 4.69) is 22.1 Å². The van der Waals surface area contributed by atoms with Crippen LogP contribution in [0.3, 0.4) is 0 Å². The molecule has 2 aromatic rings. The number of amides is 1. The van der Waals surface area contributed by atoms with Gasteiger partial charge in [0.25, 0.3) is 5.91 Å². The van der Waals surface area contributed by atoms with E-state index in [9.17, 15) is 4.79 Å². The third-order valence-corrected chi connectivity index (χ3v) is 2.68. The zero-order valence-electron chi connectivity index (χ0n) is 11.0. The number of carbonyl (C=O) groups excluding carboxylic acids is 1. The Hall–Kier alpha value is -2.64. The van der Waals surface area contributed by atoms with Crippen molar-refractivity contribution in [2.75, 3.05) is 6.54 Å². The van der Waals surface area contributed by atoms with E-state index in [0.29, 0.717) is 18.7 Å². The Labute approximate surface area is 118 Å². The van der Waals surface area contributed by atoms with Crippen LogP contribution in [-0.2, 0) is 6.54 Å². The molecule has 0 spiro atoms. The topological polar surface area (TPSA) is 68.0 Å². The van der Waals surface area contributed by atoms with Crippen molar-refractivity contribution in [3.63, 3.8) is 0 Å². The zero-order valence-corrected chi connectivity index (χ0v) is 11.0. The van der Waals surface area contributed by atoms with Crippen molar-refractivity contribution in [2.45, 2.75) is 6.54 Å². The molecular weight excluding hydrogens is 250 g/mol. The predicted octanol–water partition coefficient (Wildman–Crippen LogP) is 1.32. The second-order valence-electron chi connectivity index (χ2n) is 4.12. The molecule has 20 heavy (non-hydrogen) atoms. The minimum atomic E-state index is -0.112. The standard InChI is InChI=1S/C16H15N3O/c17-9-1-2-13-3-5-14(6-4-13)12-19-16(20)15-7-10-18-11-8-15/h3-8,10-11H,9,12,17H2,(H,19,20). The molecule has 4 heteroatoms. The van der Waals surface area contributed by atoms with Gasteiger partial charge in [-0.15, -0.1) is 0 Å². The molecule has 0 fully saturated rings. The van der Waals surface area contributed by atoms with Gasteiger partial charge in [0.1, 0.15) is 0 Å². The molecule has 0 unspecified atom stereocenters. The van der Waals surface area contributed by atoms with E-state index < -0.39 is 0 Å². The summed E-state index contributed by atoms with van der Waals surface area (Å²) in [6, 6.07) is 11.1. The van der Waals surface area contributed by atoms with Gasteiger partial charge in [-0.2, -0.15) is 0 Å². The summed E-state index contributed by atoms with van der Waals surface area (Å²) in [5.41, 5.74) is 7.85. The normalized spacial score (nSPS) is 9.45. The Morgan fingerprint density at radius 2 is 1.85 bits per heavy atom. The highest BCUT2D eigenvalue weighted by Gasteiger charge is 2.03. The van der Waals surface area contributed by atoms with E-state index in [4.69, 9.17) is 5.73 Å². The first-order valence-corrected chi connectivity index (χ1v) is 6.25. The molecular formula is C16H15N3O. The summed E-state index contributed by atoms with van der Waals surface area (Å²) in [6.07, 6.45) is 3.19. The molecule has 1 amide bonds. The minimum Gasteiger partial charge on any atom is -0.348 e. The number of nitrogens with two attached hydrogens (primary N) is 1. The Morgan fingerprint density at radius 3 is 2.50 bits per heavy atom. The van der Waals surface area contributed by atoms with Crippen LogP contribution in [0.2, 0.25) is 0 Å². The molecule has 0 bridgehead atoms. The van der Waals surface area contributed by atoms with Crippen LogP contribution in [0.4, 0.5) is 0 Å². The lowest BCUT2D eigenvalue weighted by atomic mass is 10.1. The van der Waals surface area contributed by atoms with Gasteiger partial charge in [0.15, 0.2) is 0 Å². The van der Waals surface area contributed by atoms with Crippen LogP contribution in [0.5, 0.6) is 0 Å². The van der Waals surface area contributed by atoms with Crippen molar-refractivity contribution in [2.24, 2.45) is 5.73 Å². The summed E-state index contributed by atoms with van der Waals surface area (Å²) in [6.45, 7) is 0.829. The number of aromatic nitrogens is 1. The second kappa shape index (κ2) is 7.07. The average Bonchev–Trinajstić information content (AvgIpc) is 2.52. The molecule has 0 aliphatic rings. The summed E-state index contributed by atoms with van der Waals surface area (Å²) < 4.78 is 0. The summed E-state index contributed by atoms with van der Waals surface area (Å²) in [5, 5.41) is 2.86. The molecule has 4 nitrogen and oxygen atoms in total. The molecule has 3 N–H and O–H groups in total. The first kappa shape index (κ1) is 13.8. The number of nitrogens with one attached hydrogen (secondary N) is 1. The summed E-state index contributed by atoms with van der Waals surface area (Å²) in [5.74, 6) is 5.64. The molecule has 0 atom stereocenters. The number of rotatable bonds is 3. The molecule has 1 aromatic heterocycles. The smallest absolute Gasteiger partial charge is 0.251 e. The van der Waals surface area contributed by atoms with Crippen LogP contribution in [-0.4, -0.2) is 17.4 Å². The van der Waals surface area contributed by atoms with E-state index in [-0.39, 0.29) is 5.91 Å². The Kier molecular flexibility index (Phi) is 4.87. The Bertz CT molecular complexity index is 624. The number of hydrogen-bond acceptors (Lipinski definition) is 3. The quantitative estimate of drug-likeness (QED) is 0.822. The van der Waals surface area contributed by atoms with Crippen LogP contribution < -0.4 is 11.1 Å². The maximum absolute atomic E-state index is 11.9. The van der Waals surface area contributed by atoms with Gasteiger partial charge in [0.05, 0.1) is 6.54 Å². The van der Waals surface area contributed by atoms with Gasteiger partial charge in [-0.05, 0) is 29.8 Å². The SMILES string of the molecule is NCC#Cc1ccc(CNC(=O)c2ccncc2)cc1. The van der Waals surface area contributed by atoms with Crippen molar-refractivity contribution in [3.8, 4) is 11.8 Å². The molecule has 0 aliphatic carbocycles. The summed E-state index contributed by atoms with van der Waals surface area (Å²) in [7, 11) is 0.